The number of carbonyl (C=O) groups is 1. The number of rotatable bonds is 5. The van der Waals surface area contributed by atoms with E-state index in [1.807, 2.05) is 17.5 Å². The lowest BCUT2D eigenvalue weighted by molar-refractivity contribution is -0.111. The van der Waals surface area contributed by atoms with Crippen LogP contribution in [0.2, 0.25) is 0 Å². The lowest BCUT2D eigenvalue weighted by Gasteiger charge is -2.10. The third-order valence-electron chi connectivity index (χ3n) is 2.61. The molecule has 1 N–H and O–H groups in total. The van der Waals surface area contributed by atoms with Crippen molar-refractivity contribution < 1.29 is 14.3 Å². The van der Waals surface area contributed by atoms with Crippen LogP contribution in [0, 0.1) is 0 Å². The Kier molecular flexibility index (Phi) is 4.79. The van der Waals surface area contributed by atoms with Crippen LogP contribution in [0.4, 0.5) is 5.69 Å². The van der Waals surface area contributed by atoms with Crippen molar-refractivity contribution in [3.63, 3.8) is 0 Å². The van der Waals surface area contributed by atoms with Crippen LogP contribution in [0.3, 0.4) is 0 Å². The summed E-state index contributed by atoms with van der Waals surface area (Å²) >= 11 is 1.57. The molecule has 5 heteroatoms. The highest BCUT2D eigenvalue weighted by atomic mass is 32.1. The summed E-state index contributed by atoms with van der Waals surface area (Å²) in [5.41, 5.74) is 0.577. The molecule has 2 rings (SSSR count). The summed E-state index contributed by atoms with van der Waals surface area (Å²) < 4.78 is 10.3. The summed E-state index contributed by atoms with van der Waals surface area (Å²) in [7, 11) is 3.13. The Morgan fingerprint density at radius 1 is 1.25 bits per heavy atom. The Balaban J connectivity index is 2.10. The van der Waals surface area contributed by atoms with Gasteiger partial charge in [-0.05, 0) is 29.7 Å². The van der Waals surface area contributed by atoms with Crippen LogP contribution in [-0.4, -0.2) is 20.1 Å². The first-order valence-corrected chi connectivity index (χ1v) is 6.85. The molecule has 4 nitrogen and oxygen atoms in total. The summed E-state index contributed by atoms with van der Waals surface area (Å²) in [6.07, 6.45) is 3.26. The standard InChI is InChI=1S/C15H15NO3S/c1-18-11-5-7-14(19-2)13(10-11)16-15(17)8-6-12-4-3-9-20-12/h3-10H,1-2H3,(H,16,17)/b8-6-. The highest BCUT2D eigenvalue weighted by Gasteiger charge is 2.07. The van der Waals surface area contributed by atoms with Crippen LogP contribution in [0.1, 0.15) is 4.88 Å². The van der Waals surface area contributed by atoms with Gasteiger partial charge in [0.2, 0.25) is 5.91 Å². The molecule has 0 aliphatic rings. The van der Waals surface area contributed by atoms with Gasteiger partial charge in [0.1, 0.15) is 11.5 Å². The Labute approximate surface area is 121 Å². The van der Waals surface area contributed by atoms with Gasteiger partial charge in [-0.3, -0.25) is 4.79 Å². The quantitative estimate of drug-likeness (QED) is 0.858. The number of hydrogen-bond acceptors (Lipinski definition) is 4. The van der Waals surface area contributed by atoms with Crippen molar-refractivity contribution >= 4 is 29.0 Å². The molecule has 104 valence electrons. The third kappa shape index (κ3) is 3.61. The summed E-state index contributed by atoms with van der Waals surface area (Å²) in [5, 5.41) is 4.73. The molecule has 1 amide bonds. The molecule has 0 saturated heterocycles. The number of hydrogen-bond donors (Lipinski definition) is 1. The summed E-state index contributed by atoms with van der Waals surface area (Å²) in [6, 6.07) is 9.12. The van der Waals surface area contributed by atoms with Crippen molar-refractivity contribution in [1.29, 1.82) is 0 Å². The fourth-order valence-corrected chi connectivity index (χ4v) is 2.25. The van der Waals surface area contributed by atoms with E-state index in [0.717, 1.165) is 4.88 Å². The van der Waals surface area contributed by atoms with E-state index in [0.29, 0.717) is 17.2 Å². The summed E-state index contributed by atoms with van der Waals surface area (Å²) in [5.74, 6) is 1.02. The van der Waals surface area contributed by atoms with Gasteiger partial charge in [0.25, 0.3) is 0 Å². The van der Waals surface area contributed by atoms with E-state index in [2.05, 4.69) is 5.32 Å². The first-order chi connectivity index (χ1) is 9.72. The van der Waals surface area contributed by atoms with E-state index in [4.69, 9.17) is 9.47 Å². The molecule has 0 fully saturated rings. The largest absolute Gasteiger partial charge is 0.497 e. The highest BCUT2D eigenvalue weighted by Crippen LogP contribution is 2.28. The zero-order valence-electron chi connectivity index (χ0n) is 11.3. The van der Waals surface area contributed by atoms with Crippen molar-refractivity contribution in [2.75, 3.05) is 19.5 Å². The predicted molar refractivity (Wildman–Crippen MR) is 81.5 cm³/mol. The van der Waals surface area contributed by atoms with E-state index in [1.165, 1.54) is 6.08 Å². The van der Waals surface area contributed by atoms with Gasteiger partial charge in [0.15, 0.2) is 0 Å². The second-order valence-electron chi connectivity index (χ2n) is 3.90. The lowest BCUT2D eigenvalue weighted by Crippen LogP contribution is -2.09. The Morgan fingerprint density at radius 3 is 2.75 bits per heavy atom. The summed E-state index contributed by atoms with van der Waals surface area (Å²) in [4.78, 5) is 12.9. The van der Waals surface area contributed by atoms with E-state index in [-0.39, 0.29) is 5.91 Å². The molecule has 20 heavy (non-hydrogen) atoms. The molecular weight excluding hydrogens is 274 g/mol. The normalized spacial score (nSPS) is 10.5. The number of thiophene rings is 1. The van der Waals surface area contributed by atoms with Gasteiger partial charge in [-0.1, -0.05) is 6.07 Å². The van der Waals surface area contributed by atoms with E-state index in [9.17, 15) is 4.79 Å². The summed E-state index contributed by atoms with van der Waals surface area (Å²) in [6.45, 7) is 0. The van der Waals surface area contributed by atoms with Crippen LogP contribution >= 0.6 is 11.3 Å². The minimum absolute atomic E-state index is 0.218. The topological polar surface area (TPSA) is 47.6 Å². The van der Waals surface area contributed by atoms with Gasteiger partial charge in [0, 0.05) is 17.0 Å². The van der Waals surface area contributed by atoms with Gasteiger partial charge in [-0.15, -0.1) is 11.3 Å². The molecule has 1 aromatic heterocycles. The van der Waals surface area contributed by atoms with Gasteiger partial charge in [-0.2, -0.15) is 0 Å². The van der Waals surface area contributed by atoms with Crippen molar-refractivity contribution in [3.05, 3.63) is 46.7 Å². The molecule has 0 bridgehead atoms. The number of anilines is 1. The fourth-order valence-electron chi connectivity index (χ4n) is 1.63. The van der Waals surface area contributed by atoms with Crippen molar-refractivity contribution in [1.82, 2.24) is 0 Å². The Bertz CT molecular complexity index is 606. The predicted octanol–water partition coefficient (Wildman–Crippen LogP) is 3.42. The van der Waals surface area contributed by atoms with E-state index >= 15 is 0 Å². The molecule has 0 aliphatic carbocycles. The second kappa shape index (κ2) is 6.77. The molecule has 0 spiro atoms. The number of carbonyl (C=O) groups excluding carboxylic acids is 1. The SMILES string of the molecule is COc1ccc(OC)c(NC(=O)/C=C\c2cccs2)c1. The second-order valence-corrected chi connectivity index (χ2v) is 4.88. The molecule has 2 aromatic rings. The van der Waals surface area contributed by atoms with Gasteiger partial charge >= 0.3 is 0 Å². The number of amides is 1. The maximum absolute atomic E-state index is 11.9. The van der Waals surface area contributed by atoms with Gasteiger partial charge < -0.3 is 14.8 Å². The highest BCUT2D eigenvalue weighted by molar-refractivity contribution is 7.10. The Morgan fingerprint density at radius 2 is 2.10 bits per heavy atom. The molecule has 0 unspecified atom stereocenters. The molecule has 1 aromatic carbocycles. The molecule has 0 aliphatic heterocycles. The van der Waals surface area contributed by atoms with E-state index in [1.54, 1.807) is 49.8 Å². The third-order valence-corrected chi connectivity index (χ3v) is 3.44. The molecule has 0 radical (unpaired) electrons. The average molecular weight is 289 g/mol. The number of benzene rings is 1. The molecular formula is C15H15NO3S. The maximum atomic E-state index is 11.9. The zero-order valence-corrected chi connectivity index (χ0v) is 12.1. The fraction of sp³-hybridized carbons (Fsp3) is 0.133. The number of ether oxygens (including phenoxy) is 2. The van der Waals surface area contributed by atoms with Crippen LogP contribution in [-0.2, 0) is 4.79 Å². The lowest BCUT2D eigenvalue weighted by atomic mass is 10.2. The number of methoxy groups -OCH3 is 2. The van der Waals surface area contributed by atoms with Crippen LogP contribution in [0.25, 0.3) is 6.08 Å². The van der Waals surface area contributed by atoms with Crippen LogP contribution < -0.4 is 14.8 Å². The van der Waals surface area contributed by atoms with Gasteiger partial charge in [0.05, 0.1) is 19.9 Å². The van der Waals surface area contributed by atoms with Crippen molar-refractivity contribution in [3.8, 4) is 11.5 Å². The molecule has 1 heterocycles. The smallest absolute Gasteiger partial charge is 0.248 e. The first kappa shape index (κ1) is 14.1. The monoisotopic (exact) mass is 289 g/mol. The minimum Gasteiger partial charge on any atom is -0.497 e. The molecule has 0 saturated carbocycles. The molecule has 0 atom stereocenters. The number of nitrogens with one attached hydrogen (secondary N) is 1. The first-order valence-electron chi connectivity index (χ1n) is 5.97. The minimum atomic E-state index is -0.218. The van der Waals surface area contributed by atoms with Crippen LogP contribution in [0.5, 0.6) is 11.5 Å². The average Bonchev–Trinajstić information content (AvgIpc) is 2.98. The van der Waals surface area contributed by atoms with Crippen LogP contribution in [0.15, 0.2) is 41.8 Å². The van der Waals surface area contributed by atoms with Crippen molar-refractivity contribution in [2.24, 2.45) is 0 Å². The zero-order chi connectivity index (χ0) is 14.4. The van der Waals surface area contributed by atoms with Gasteiger partial charge in [-0.25, -0.2) is 0 Å². The Hall–Kier alpha value is -2.27. The maximum Gasteiger partial charge on any atom is 0.248 e. The van der Waals surface area contributed by atoms with Crippen molar-refractivity contribution in [2.45, 2.75) is 0 Å². The van der Waals surface area contributed by atoms with E-state index < -0.39 is 0 Å².